The largest absolute Gasteiger partial charge is 0.396 e. The van der Waals surface area contributed by atoms with Crippen LogP contribution in [0.4, 0.5) is 5.69 Å². The Labute approximate surface area is 119 Å². The highest BCUT2D eigenvalue weighted by atomic mass is 79.9. The van der Waals surface area contributed by atoms with E-state index in [1.165, 1.54) is 0 Å². The van der Waals surface area contributed by atoms with Crippen molar-refractivity contribution in [1.29, 1.82) is 0 Å². The van der Waals surface area contributed by atoms with Crippen LogP contribution in [-0.4, -0.2) is 36.5 Å². The van der Waals surface area contributed by atoms with Crippen LogP contribution in [0.1, 0.15) is 0 Å². The van der Waals surface area contributed by atoms with E-state index in [-0.39, 0.29) is 12.0 Å². The summed E-state index contributed by atoms with van der Waals surface area (Å²) in [4.78, 5) is 4.36. The highest BCUT2D eigenvalue weighted by Gasteiger charge is 2.37. The summed E-state index contributed by atoms with van der Waals surface area (Å²) in [7, 11) is 0. The number of halogens is 1. The zero-order chi connectivity index (χ0) is 13.3. The molecule has 1 fully saturated rings. The first-order valence-electron chi connectivity index (χ1n) is 6.19. The number of aliphatic hydroxyl groups is 1. The Morgan fingerprint density at radius 2 is 2.21 bits per heavy atom. The number of benzene rings is 1. The number of aliphatic hydroxyl groups excluding tert-OH is 1. The normalized spacial score (nSPS) is 17.2. The molecular weight excluding hydrogens is 308 g/mol. The average Bonchev–Trinajstić information content (AvgIpc) is 2.37. The Kier molecular flexibility index (Phi) is 3.43. The second-order valence-electron chi connectivity index (χ2n) is 5.02. The Morgan fingerprint density at radius 1 is 1.37 bits per heavy atom. The molecule has 1 saturated heterocycles. The van der Waals surface area contributed by atoms with Gasteiger partial charge in [-0.1, -0.05) is 15.9 Å². The Morgan fingerprint density at radius 3 is 2.89 bits per heavy atom. The summed E-state index contributed by atoms with van der Waals surface area (Å²) in [5, 5.41) is 13.9. The van der Waals surface area contributed by atoms with Gasteiger partial charge in [0.15, 0.2) is 0 Å². The van der Waals surface area contributed by atoms with Crippen molar-refractivity contribution in [3.05, 3.63) is 34.9 Å². The summed E-state index contributed by atoms with van der Waals surface area (Å²) in [5.74, 6) is 0. The number of ether oxygens (including phenoxy) is 1. The predicted molar refractivity (Wildman–Crippen MR) is 78.3 cm³/mol. The minimum absolute atomic E-state index is 0.134. The van der Waals surface area contributed by atoms with Crippen LogP contribution in [0.3, 0.4) is 0 Å². The lowest BCUT2D eigenvalue weighted by molar-refractivity contribution is -0.128. The highest BCUT2D eigenvalue weighted by Crippen LogP contribution is 2.29. The van der Waals surface area contributed by atoms with Gasteiger partial charge >= 0.3 is 0 Å². The standard InChI is InChI=1S/C14H15BrN2O2/c15-10-1-2-11-12(3-4-16-13(11)5-10)17-6-14(7-18)8-19-9-14/h1-5,18H,6-9H2,(H,16,17). The zero-order valence-electron chi connectivity index (χ0n) is 10.4. The first-order valence-corrected chi connectivity index (χ1v) is 6.99. The number of fused-ring (bicyclic) bond motifs is 1. The molecular formula is C14H15BrN2O2. The van der Waals surface area contributed by atoms with E-state index in [0.717, 1.165) is 21.1 Å². The van der Waals surface area contributed by atoms with Crippen LogP contribution >= 0.6 is 15.9 Å². The monoisotopic (exact) mass is 322 g/mol. The fourth-order valence-electron chi connectivity index (χ4n) is 2.20. The van der Waals surface area contributed by atoms with Crippen LogP contribution in [0, 0.1) is 5.41 Å². The molecule has 19 heavy (non-hydrogen) atoms. The number of pyridine rings is 1. The van der Waals surface area contributed by atoms with Crippen molar-refractivity contribution < 1.29 is 9.84 Å². The van der Waals surface area contributed by atoms with Crippen molar-refractivity contribution in [2.45, 2.75) is 0 Å². The Bertz CT molecular complexity index is 594. The predicted octanol–water partition coefficient (Wildman–Crippen LogP) is 2.42. The molecule has 0 radical (unpaired) electrons. The molecule has 0 saturated carbocycles. The molecule has 4 nitrogen and oxygen atoms in total. The van der Waals surface area contributed by atoms with E-state index in [0.29, 0.717) is 19.8 Å². The molecule has 2 N–H and O–H groups in total. The maximum atomic E-state index is 9.43. The molecule has 0 unspecified atom stereocenters. The molecule has 1 aliphatic rings. The maximum Gasteiger partial charge on any atom is 0.0733 e. The number of rotatable bonds is 4. The van der Waals surface area contributed by atoms with E-state index in [2.05, 4.69) is 26.2 Å². The lowest BCUT2D eigenvalue weighted by Crippen LogP contribution is -2.50. The molecule has 2 aromatic rings. The van der Waals surface area contributed by atoms with Crippen LogP contribution in [0.5, 0.6) is 0 Å². The first kappa shape index (κ1) is 12.8. The second kappa shape index (κ2) is 5.07. The molecule has 0 aliphatic carbocycles. The third-order valence-corrected chi connectivity index (χ3v) is 4.00. The van der Waals surface area contributed by atoms with Crippen molar-refractivity contribution in [2.24, 2.45) is 5.41 Å². The molecule has 1 aromatic heterocycles. The quantitative estimate of drug-likeness (QED) is 0.907. The van der Waals surface area contributed by atoms with Gasteiger partial charge in [-0.2, -0.15) is 0 Å². The van der Waals surface area contributed by atoms with Gasteiger partial charge in [-0.25, -0.2) is 0 Å². The summed E-state index contributed by atoms with van der Waals surface area (Å²) in [5.41, 5.74) is 1.85. The SMILES string of the molecule is OCC1(CNc2ccnc3cc(Br)ccc23)COC1. The lowest BCUT2D eigenvalue weighted by atomic mass is 9.87. The van der Waals surface area contributed by atoms with Gasteiger partial charge in [0, 0.05) is 28.3 Å². The molecule has 0 amide bonds. The van der Waals surface area contributed by atoms with E-state index in [4.69, 9.17) is 4.74 Å². The molecule has 0 spiro atoms. The molecule has 0 bridgehead atoms. The number of hydrogen-bond donors (Lipinski definition) is 2. The van der Waals surface area contributed by atoms with E-state index in [1.807, 2.05) is 24.3 Å². The second-order valence-corrected chi connectivity index (χ2v) is 5.94. The fourth-order valence-corrected chi connectivity index (χ4v) is 2.55. The summed E-state index contributed by atoms with van der Waals surface area (Å²) in [6.45, 7) is 2.09. The topological polar surface area (TPSA) is 54.4 Å². The smallest absolute Gasteiger partial charge is 0.0733 e. The van der Waals surface area contributed by atoms with Gasteiger partial charge in [0.05, 0.1) is 30.8 Å². The van der Waals surface area contributed by atoms with Gasteiger partial charge in [-0.05, 0) is 24.3 Å². The van der Waals surface area contributed by atoms with Crippen LogP contribution < -0.4 is 5.32 Å². The van der Waals surface area contributed by atoms with Crippen molar-refractivity contribution in [3.8, 4) is 0 Å². The van der Waals surface area contributed by atoms with Crippen LogP contribution in [0.25, 0.3) is 10.9 Å². The van der Waals surface area contributed by atoms with Crippen LogP contribution in [-0.2, 0) is 4.74 Å². The van der Waals surface area contributed by atoms with Gasteiger partial charge < -0.3 is 15.2 Å². The highest BCUT2D eigenvalue weighted by molar-refractivity contribution is 9.10. The average molecular weight is 323 g/mol. The molecule has 2 heterocycles. The van der Waals surface area contributed by atoms with E-state index in [9.17, 15) is 5.11 Å². The molecule has 1 aromatic carbocycles. The number of aromatic nitrogens is 1. The maximum absolute atomic E-state index is 9.43. The van der Waals surface area contributed by atoms with Crippen molar-refractivity contribution in [1.82, 2.24) is 4.98 Å². The fraction of sp³-hybridized carbons (Fsp3) is 0.357. The van der Waals surface area contributed by atoms with E-state index < -0.39 is 0 Å². The van der Waals surface area contributed by atoms with Crippen LogP contribution in [0.15, 0.2) is 34.9 Å². The van der Waals surface area contributed by atoms with Crippen LogP contribution in [0.2, 0.25) is 0 Å². The van der Waals surface area contributed by atoms with E-state index >= 15 is 0 Å². The minimum atomic E-state index is -0.134. The summed E-state index contributed by atoms with van der Waals surface area (Å²) in [6, 6.07) is 8.00. The van der Waals surface area contributed by atoms with Crippen molar-refractivity contribution >= 4 is 32.5 Å². The third-order valence-electron chi connectivity index (χ3n) is 3.51. The Balaban J connectivity index is 1.84. The van der Waals surface area contributed by atoms with Gasteiger partial charge in [0.25, 0.3) is 0 Å². The van der Waals surface area contributed by atoms with Gasteiger partial charge in [-0.15, -0.1) is 0 Å². The van der Waals surface area contributed by atoms with Gasteiger partial charge in [0.2, 0.25) is 0 Å². The summed E-state index contributed by atoms with van der Waals surface area (Å²) in [6.07, 6.45) is 1.79. The third kappa shape index (κ3) is 2.45. The Hall–Kier alpha value is -1.17. The molecule has 100 valence electrons. The number of anilines is 1. The molecule has 5 heteroatoms. The van der Waals surface area contributed by atoms with Gasteiger partial charge in [0.1, 0.15) is 0 Å². The molecule has 0 atom stereocenters. The molecule has 3 rings (SSSR count). The zero-order valence-corrected chi connectivity index (χ0v) is 12.0. The number of nitrogens with zero attached hydrogens (tertiary/aromatic N) is 1. The minimum Gasteiger partial charge on any atom is -0.396 e. The van der Waals surface area contributed by atoms with Gasteiger partial charge in [-0.3, -0.25) is 4.98 Å². The summed E-state index contributed by atoms with van der Waals surface area (Å²) >= 11 is 3.45. The molecule has 1 aliphatic heterocycles. The van der Waals surface area contributed by atoms with Crippen molar-refractivity contribution in [2.75, 3.05) is 31.7 Å². The number of hydrogen-bond acceptors (Lipinski definition) is 4. The number of nitrogens with one attached hydrogen (secondary N) is 1. The summed E-state index contributed by atoms with van der Waals surface area (Å²) < 4.78 is 6.22. The lowest BCUT2D eigenvalue weighted by Gasteiger charge is -2.40. The van der Waals surface area contributed by atoms with Crippen molar-refractivity contribution in [3.63, 3.8) is 0 Å². The first-order chi connectivity index (χ1) is 9.22. The van der Waals surface area contributed by atoms with E-state index in [1.54, 1.807) is 6.20 Å².